The van der Waals surface area contributed by atoms with E-state index in [2.05, 4.69) is 0 Å². The molecule has 0 spiro atoms. The molecule has 2 N–H and O–H groups in total. The van der Waals surface area contributed by atoms with E-state index >= 15 is 0 Å². The van der Waals surface area contributed by atoms with E-state index in [1.165, 1.54) is 0 Å². The number of carboxylic acids is 1. The minimum absolute atomic E-state index is 0.260. The van der Waals surface area contributed by atoms with Crippen molar-refractivity contribution in [1.82, 2.24) is 0 Å². The van der Waals surface area contributed by atoms with Gasteiger partial charge in [0.15, 0.2) is 0 Å². The van der Waals surface area contributed by atoms with E-state index in [-0.39, 0.29) is 10.6 Å². The number of benzene rings is 1. The van der Waals surface area contributed by atoms with Crippen molar-refractivity contribution in [1.29, 1.82) is 0 Å². The van der Waals surface area contributed by atoms with Crippen molar-refractivity contribution in [2.75, 3.05) is 0 Å². The standard InChI is InChI=1S/C7H4Cl2O5S/c8-4-1-3(7(10)11)2-5(6(4)9)15(12,13)14/h1-2H,(H,10,11)(H,12,13,14). The van der Waals surface area contributed by atoms with Crippen LogP contribution in [0.3, 0.4) is 0 Å². The third kappa shape index (κ3) is 2.60. The lowest BCUT2D eigenvalue weighted by molar-refractivity contribution is 0.0696. The first-order chi connectivity index (χ1) is 6.73. The summed E-state index contributed by atoms with van der Waals surface area (Å²) in [7, 11) is -4.59. The third-order valence-electron chi connectivity index (χ3n) is 1.52. The first kappa shape index (κ1) is 12.3. The Morgan fingerprint density at radius 2 is 1.80 bits per heavy atom. The maximum Gasteiger partial charge on any atom is 0.335 e. The van der Waals surface area contributed by atoms with E-state index in [0.29, 0.717) is 0 Å². The van der Waals surface area contributed by atoms with Gasteiger partial charge in [-0.05, 0) is 12.1 Å². The smallest absolute Gasteiger partial charge is 0.335 e. The molecule has 0 atom stereocenters. The molecule has 82 valence electrons. The molecule has 0 amide bonds. The molecule has 1 aromatic rings. The van der Waals surface area contributed by atoms with Crippen LogP contribution in [0.1, 0.15) is 10.4 Å². The SMILES string of the molecule is O=C(O)c1cc(Cl)c(Cl)c(S(=O)(=O)O)c1. The highest BCUT2D eigenvalue weighted by Gasteiger charge is 2.20. The van der Waals surface area contributed by atoms with E-state index in [0.717, 1.165) is 12.1 Å². The van der Waals surface area contributed by atoms with Crippen molar-refractivity contribution >= 4 is 39.3 Å². The number of rotatable bonds is 2. The molecule has 15 heavy (non-hydrogen) atoms. The van der Waals surface area contributed by atoms with Gasteiger partial charge < -0.3 is 5.11 Å². The third-order valence-corrected chi connectivity index (χ3v) is 3.31. The van der Waals surface area contributed by atoms with Crippen LogP contribution in [0.5, 0.6) is 0 Å². The molecule has 0 aliphatic carbocycles. The van der Waals surface area contributed by atoms with Crippen LogP contribution in [-0.4, -0.2) is 24.0 Å². The normalized spacial score (nSPS) is 11.4. The molecule has 0 saturated carbocycles. The maximum absolute atomic E-state index is 10.8. The van der Waals surface area contributed by atoms with Crippen molar-refractivity contribution in [3.63, 3.8) is 0 Å². The van der Waals surface area contributed by atoms with Crippen LogP contribution in [-0.2, 0) is 10.1 Å². The van der Waals surface area contributed by atoms with Gasteiger partial charge in [0.1, 0.15) is 4.90 Å². The van der Waals surface area contributed by atoms with Crippen molar-refractivity contribution < 1.29 is 22.9 Å². The second kappa shape index (κ2) is 3.97. The molecular weight excluding hydrogens is 267 g/mol. The average molecular weight is 271 g/mol. The summed E-state index contributed by atoms with van der Waals surface area (Å²) in [6.07, 6.45) is 0. The predicted octanol–water partition coefficient (Wildman–Crippen LogP) is 1.94. The van der Waals surface area contributed by atoms with Crippen LogP contribution >= 0.6 is 23.2 Å². The number of halogens is 2. The first-order valence-electron chi connectivity index (χ1n) is 3.43. The molecule has 0 bridgehead atoms. The number of carboxylic acid groups (broad SMARTS) is 1. The van der Waals surface area contributed by atoms with Gasteiger partial charge in [-0.1, -0.05) is 23.2 Å². The lowest BCUT2D eigenvalue weighted by Crippen LogP contribution is -2.04. The highest BCUT2D eigenvalue weighted by molar-refractivity contribution is 7.86. The highest BCUT2D eigenvalue weighted by Crippen LogP contribution is 2.30. The Balaban J connectivity index is 3.59. The monoisotopic (exact) mass is 270 g/mol. The number of carbonyl (C=O) groups is 1. The fourth-order valence-corrected chi connectivity index (χ4v) is 2.16. The van der Waals surface area contributed by atoms with Gasteiger partial charge in [0.25, 0.3) is 10.1 Å². The fraction of sp³-hybridized carbons (Fsp3) is 0. The van der Waals surface area contributed by atoms with Crippen LogP contribution in [0, 0.1) is 0 Å². The van der Waals surface area contributed by atoms with Crippen molar-refractivity contribution in [3.05, 3.63) is 27.7 Å². The van der Waals surface area contributed by atoms with Gasteiger partial charge in [0.2, 0.25) is 0 Å². The molecule has 1 aromatic carbocycles. The molecule has 0 fully saturated rings. The Hall–Kier alpha value is -0.820. The summed E-state index contributed by atoms with van der Waals surface area (Å²) in [6, 6.07) is 1.72. The average Bonchev–Trinajstić information content (AvgIpc) is 2.06. The van der Waals surface area contributed by atoms with E-state index in [1.54, 1.807) is 0 Å². The Morgan fingerprint density at radius 3 is 2.20 bits per heavy atom. The van der Waals surface area contributed by atoms with E-state index in [9.17, 15) is 13.2 Å². The molecule has 5 nitrogen and oxygen atoms in total. The molecular formula is C7H4Cl2O5S. The van der Waals surface area contributed by atoms with Gasteiger partial charge in [-0.25, -0.2) is 4.79 Å². The Morgan fingerprint density at radius 1 is 1.27 bits per heavy atom. The van der Waals surface area contributed by atoms with Crippen LogP contribution < -0.4 is 0 Å². The summed E-state index contributed by atoms with van der Waals surface area (Å²) in [6.45, 7) is 0. The molecule has 0 saturated heterocycles. The zero-order valence-electron chi connectivity index (χ0n) is 6.94. The topological polar surface area (TPSA) is 91.7 Å². The quantitative estimate of drug-likeness (QED) is 0.802. The highest BCUT2D eigenvalue weighted by atomic mass is 35.5. The Kier molecular flexibility index (Phi) is 3.25. The number of aromatic carboxylic acids is 1. The molecule has 0 unspecified atom stereocenters. The number of hydrogen-bond donors (Lipinski definition) is 2. The minimum Gasteiger partial charge on any atom is -0.478 e. The lowest BCUT2D eigenvalue weighted by Gasteiger charge is -2.04. The summed E-state index contributed by atoms with van der Waals surface area (Å²) < 4.78 is 30.3. The number of hydrogen-bond acceptors (Lipinski definition) is 3. The summed E-state index contributed by atoms with van der Waals surface area (Å²) in [5.74, 6) is -1.38. The zero-order valence-corrected chi connectivity index (χ0v) is 9.27. The second-order valence-electron chi connectivity index (χ2n) is 2.55. The van der Waals surface area contributed by atoms with E-state index in [1.807, 2.05) is 0 Å². The van der Waals surface area contributed by atoms with Crippen LogP contribution in [0.4, 0.5) is 0 Å². The fourth-order valence-electron chi connectivity index (χ4n) is 0.875. The molecule has 0 aromatic heterocycles. The summed E-state index contributed by atoms with van der Waals surface area (Å²) in [4.78, 5) is 9.84. The van der Waals surface area contributed by atoms with Crippen molar-refractivity contribution in [2.24, 2.45) is 0 Å². The van der Waals surface area contributed by atoms with Crippen LogP contribution in [0.15, 0.2) is 17.0 Å². The minimum atomic E-state index is -4.59. The molecule has 0 aliphatic heterocycles. The van der Waals surface area contributed by atoms with Gasteiger partial charge in [-0.2, -0.15) is 8.42 Å². The van der Waals surface area contributed by atoms with Gasteiger partial charge >= 0.3 is 5.97 Å². The molecule has 0 aliphatic rings. The molecule has 8 heteroatoms. The van der Waals surface area contributed by atoms with Crippen LogP contribution in [0.25, 0.3) is 0 Å². The van der Waals surface area contributed by atoms with E-state index in [4.69, 9.17) is 32.9 Å². The predicted molar refractivity (Wildman–Crippen MR) is 53.2 cm³/mol. The molecule has 0 radical (unpaired) electrons. The van der Waals surface area contributed by atoms with Gasteiger partial charge in [0, 0.05) is 0 Å². The second-order valence-corrected chi connectivity index (χ2v) is 4.73. The van der Waals surface area contributed by atoms with Crippen molar-refractivity contribution in [3.8, 4) is 0 Å². The summed E-state index contributed by atoms with van der Waals surface area (Å²) in [5.41, 5.74) is -0.378. The Bertz CT molecular complexity index is 522. The van der Waals surface area contributed by atoms with Crippen molar-refractivity contribution in [2.45, 2.75) is 4.90 Å². The molecule has 1 rings (SSSR count). The maximum atomic E-state index is 10.8. The molecule has 0 heterocycles. The summed E-state index contributed by atoms with van der Waals surface area (Å²) in [5, 5.41) is 7.94. The lowest BCUT2D eigenvalue weighted by atomic mass is 10.2. The van der Waals surface area contributed by atoms with Gasteiger partial charge in [0.05, 0.1) is 15.6 Å². The summed E-state index contributed by atoms with van der Waals surface area (Å²) >= 11 is 11.0. The van der Waals surface area contributed by atoms with E-state index < -0.39 is 26.0 Å². The zero-order chi connectivity index (χ0) is 11.8. The largest absolute Gasteiger partial charge is 0.478 e. The van der Waals surface area contributed by atoms with Gasteiger partial charge in [-0.15, -0.1) is 0 Å². The van der Waals surface area contributed by atoms with Crippen LogP contribution in [0.2, 0.25) is 10.0 Å². The Labute approximate surface area is 95.0 Å². The first-order valence-corrected chi connectivity index (χ1v) is 5.63. The van der Waals surface area contributed by atoms with Gasteiger partial charge in [-0.3, -0.25) is 4.55 Å².